The number of anilines is 1. The van der Waals surface area contributed by atoms with Crippen LogP contribution in [0.2, 0.25) is 0 Å². The van der Waals surface area contributed by atoms with Gasteiger partial charge < -0.3 is 24.7 Å². The number of likely N-dealkylation sites (N-methyl/N-ethyl adjacent to an activating group) is 1. The Hall–Kier alpha value is -3.39. The molecule has 3 N–H and O–H groups in total. The summed E-state index contributed by atoms with van der Waals surface area (Å²) in [5.74, 6) is 1.63. The number of hydrogen-bond acceptors (Lipinski definition) is 5. The average molecular weight is 426 g/mol. The van der Waals surface area contributed by atoms with Crippen molar-refractivity contribution in [1.29, 1.82) is 0 Å². The quantitative estimate of drug-likeness (QED) is 0.487. The summed E-state index contributed by atoms with van der Waals surface area (Å²) >= 11 is 0. The minimum Gasteiger partial charge on any atom is -0.490 e. The molecule has 0 aliphatic heterocycles. The predicted molar refractivity (Wildman–Crippen MR) is 120 cm³/mol. The number of H-pyrrole nitrogens is 1. The zero-order chi connectivity index (χ0) is 22.4. The highest BCUT2D eigenvalue weighted by molar-refractivity contribution is 5.91. The molecule has 0 radical (unpaired) electrons. The Kier molecular flexibility index (Phi) is 7.25. The highest BCUT2D eigenvalue weighted by Gasteiger charge is 2.22. The van der Waals surface area contributed by atoms with Crippen molar-refractivity contribution in [2.24, 2.45) is 0 Å². The molecule has 1 amide bonds. The number of para-hydroxylation sites is 1. The van der Waals surface area contributed by atoms with Crippen LogP contribution in [0.25, 0.3) is 10.9 Å². The van der Waals surface area contributed by atoms with E-state index in [1.807, 2.05) is 46.0 Å². The van der Waals surface area contributed by atoms with Gasteiger partial charge in [0.2, 0.25) is 0 Å². The third-order valence-corrected chi connectivity index (χ3v) is 5.05. The fourth-order valence-electron chi connectivity index (χ4n) is 3.28. The summed E-state index contributed by atoms with van der Waals surface area (Å²) in [5, 5.41) is 3.45. The SMILES string of the molecule is CCOc1ccc(NC(=O)C[NH+](C)[C@H](C)c2nc3ccccc3c(=O)[nH]2)cc1OCC. The van der Waals surface area contributed by atoms with E-state index in [0.29, 0.717) is 47.1 Å². The van der Waals surface area contributed by atoms with E-state index >= 15 is 0 Å². The van der Waals surface area contributed by atoms with Gasteiger partial charge in [0.25, 0.3) is 11.5 Å². The topological polar surface area (TPSA) is 97.7 Å². The molecule has 0 aliphatic rings. The van der Waals surface area contributed by atoms with Crippen LogP contribution in [0.15, 0.2) is 47.3 Å². The summed E-state index contributed by atoms with van der Waals surface area (Å²) in [6.07, 6.45) is 0. The lowest BCUT2D eigenvalue weighted by Gasteiger charge is -2.21. The number of hydrogen-bond donors (Lipinski definition) is 3. The van der Waals surface area contributed by atoms with Crippen LogP contribution in [0.4, 0.5) is 5.69 Å². The van der Waals surface area contributed by atoms with Gasteiger partial charge >= 0.3 is 0 Å². The highest BCUT2D eigenvalue weighted by Crippen LogP contribution is 2.30. The van der Waals surface area contributed by atoms with Crippen LogP contribution in [0.5, 0.6) is 11.5 Å². The number of carbonyl (C=O) groups excluding carboxylic acids is 1. The molecule has 8 heteroatoms. The van der Waals surface area contributed by atoms with E-state index in [9.17, 15) is 9.59 Å². The maximum Gasteiger partial charge on any atom is 0.279 e. The number of aromatic amines is 1. The van der Waals surface area contributed by atoms with Gasteiger partial charge in [0, 0.05) is 11.8 Å². The maximum atomic E-state index is 12.6. The maximum absolute atomic E-state index is 12.6. The molecule has 0 spiro atoms. The number of benzene rings is 2. The Balaban J connectivity index is 1.69. The zero-order valence-corrected chi connectivity index (χ0v) is 18.3. The Morgan fingerprint density at radius 3 is 2.58 bits per heavy atom. The van der Waals surface area contributed by atoms with Gasteiger partial charge in [-0.05, 0) is 45.0 Å². The molecule has 2 aromatic carbocycles. The number of rotatable bonds is 9. The molecule has 0 bridgehead atoms. The van der Waals surface area contributed by atoms with Crippen molar-refractivity contribution < 1.29 is 19.2 Å². The van der Waals surface area contributed by atoms with E-state index in [0.717, 1.165) is 4.90 Å². The molecule has 0 saturated heterocycles. The Labute approximate surface area is 181 Å². The van der Waals surface area contributed by atoms with Crippen LogP contribution in [-0.4, -0.2) is 42.7 Å². The molecular formula is C23H29N4O4+. The second kappa shape index (κ2) is 10.1. The molecule has 31 heavy (non-hydrogen) atoms. The molecular weight excluding hydrogens is 396 g/mol. The molecule has 8 nitrogen and oxygen atoms in total. The first-order chi connectivity index (χ1) is 14.9. The third-order valence-electron chi connectivity index (χ3n) is 5.05. The lowest BCUT2D eigenvalue weighted by Crippen LogP contribution is -3.10. The predicted octanol–water partition coefficient (Wildman–Crippen LogP) is 1.93. The fraction of sp³-hybridized carbons (Fsp3) is 0.348. The summed E-state index contributed by atoms with van der Waals surface area (Å²) in [7, 11) is 1.89. The van der Waals surface area contributed by atoms with Crippen molar-refractivity contribution in [2.75, 3.05) is 32.1 Å². The molecule has 2 atom stereocenters. The fourth-order valence-corrected chi connectivity index (χ4v) is 3.28. The largest absolute Gasteiger partial charge is 0.490 e. The number of nitrogens with zero attached hydrogens (tertiary/aromatic N) is 1. The monoisotopic (exact) mass is 425 g/mol. The van der Waals surface area contributed by atoms with Crippen molar-refractivity contribution >= 4 is 22.5 Å². The van der Waals surface area contributed by atoms with Gasteiger partial charge in [0.1, 0.15) is 6.04 Å². The Bertz CT molecular complexity index is 1110. The van der Waals surface area contributed by atoms with E-state index in [-0.39, 0.29) is 24.1 Å². The van der Waals surface area contributed by atoms with Gasteiger partial charge in [0.15, 0.2) is 23.9 Å². The van der Waals surface area contributed by atoms with E-state index in [2.05, 4.69) is 15.3 Å². The Morgan fingerprint density at radius 1 is 1.13 bits per heavy atom. The van der Waals surface area contributed by atoms with Gasteiger partial charge in [-0.25, -0.2) is 4.98 Å². The van der Waals surface area contributed by atoms with Crippen LogP contribution in [0.1, 0.15) is 32.6 Å². The molecule has 3 aromatic rings. The van der Waals surface area contributed by atoms with Gasteiger partial charge in [-0.2, -0.15) is 0 Å². The van der Waals surface area contributed by atoms with Crippen LogP contribution < -0.4 is 25.2 Å². The first-order valence-corrected chi connectivity index (χ1v) is 10.4. The van der Waals surface area contributed by atoms with Crippen LogP contribution >= 0.6 is 0 Å². The van der Waals surface area contributed by atoms with Crippen LogP contribution in [-0.2, 0) is 4.79 Å². The van der Waals surface area contributed by atoms with Gasteiger partial charge in [0.05, 0.1) is 31.2 Å². The van der Waals surface area contributed by atoms with E-state index in [1.54, 1.807) is 24.3 Å². The first kappa shape index (κ1) is 22.3. The first-order valence-electron chi connectivity index (χ1n) is 10.4. The summed E-state index contributed by atoms with van der Waals surface area (Å²) in [4.78, 5) is 33.3. The lowest BCUT2D eigenvalue weighted by molar-refractivity contribution is -0.902. The van der Waals surface area contributed by atoms with E-state index < -0.39 is 0 Å². The average Bonchev–Trinajstić information content (AvgIpc) is 2.75. The number of ether oxygens (including phenoxy) is 2. The lowest BCUT2D eigenvalue weighted by atomic mass is 10.2. The second-order valence-electron chi connectivity index (χ2n) is 7.29. The van der Waals surface area contributed by atoms with E-state index in [4.69, 9.17) is 9.47 Å². The molecule has 0 aliphatic carbocycles. The molecule has 3 rings (SSSR count). The Morgan fingerprint density at radius 2 is 1.84 bits per heavy atom. The summed E-state index contributed by atoms with van der Waals surface area (Å²) < 4.78 is 11.2. The number of nitrogens with one attached hydrogen (secondary N) is 3. The summed E-state index contributed by atoms with van der Waals surface area (Å²) in [6, 6.07) is 12.4. The minimum atomic E-state index is -0.178. The number of quaternary nitrogens is 1. The van der Waals surface area contributed by atoms with Crippen LogP contribution in [0, 0.1) is 0 Å². The highest BCUT2D eigenvalue weighted by atomic mass is 16.5. The zero-order valence-electron chi connectivity index (χ0n) is 18.3. The van der Waals surface area contributed by atoms with Gasteiger partial charge in [-0.1, -0.05) is 12.1 Å². The minimum absolute atomic E-state index is 0.154. The third kappa shape index (κ3) is 5.40. The summed E-state index contributed by atoms with van der Waals surface area (Å²) in [5.41, 5.74) is 1.10. The van der Waals surface area contributed by atoms with Gasteiger partial charge in [-0.3, -0.25) is 9.59 Å². The van der Waals surface area contributed by atoms with Crippen molar-refractivity contribution in [3.63, 3.8) is 0 Å². The number of amides is 1. The van der Waals surface area contributed by atoms with Crippen LogP contribution in [0.3, 0.4) is 0 Å². The summed E-state index contributed by atoms with van der Waals surface area (Å²) in [6.45, 7) is 6.96. The standard InChI is InChI=1S/C23H28N4O4/c1-5-30-19-12-11-16(13-20(19)31-6-2)24-21(28)14-27(4)15(3)22-25-18-10-8-7-9-17(18)23(29)26-22/h7-13,15H,5-6,14H2,1-4H3,(H,24,28)(H,25,26,29)/p+1/t15-/m1/s1. The number of fused-ring (bicyclic) bond motifs is 1. The molecule has 1 aromatic heterocycles. The van der Waals surface area contributed by atoms with Gasteiger partial charge in [-0.15, -0.1) is 0 Å². The van der Waals surface area contributed by atoms with Crippen molar-refractivity contribution in [3.05, 3.63) is 58.6 Å². The molecule has 164 valence electrons. The number of aromatic nitrogens is 2. The van der Waals surface area contributed by atoms with Crippen molar-refractivity contribution in [2.45, 2.75) is 26.8 Å². The smallest absolute Gasteiger partial charge is 0.279 e. The second-order valence-corrected chi connectivity index (χ2v) is 7.29. The molecule has 0 fully saturated rings. The molecule has 1 unspecified atom stereocenters. The van der Waals surface area contributed by atoms with Crippen molar-refractivity contribution in [1.82, 2.24) is 9.97 Å². The van der Waals surface area contributed by atoms with E-state index in [1.165, 1.54) is 0 Å². The molecule has 1 heterocycles. The normalized spacial score (nSPS) is 12.9. The number of carbonyl (C=O) groups is 1. The van der Waals surface area contributed by atoms with Crippen molar-refractivity contribution in [3.8, 4) is 11.5 Å². The molecule has 0 saturated carbocycles.